The fraction of sp³-hybridized carbons (Fsp3) is 0.0667. The summed E-state index contributed by atoms with van der Waals surface area (Å²) < 4.78 is 5.27. The van der Waals surface area contributed by atoms with Gasteiger partial charge in [0.05, 0.1) is 20.0 Å². The van der Waals surface area contributed by atoms with Crippen LogP contribution in [0.5, 0.6) is 5.75 Å². The van der Waals surface area contributed by atoms with Gasteiger partial charge in [-0.25, -0.2) is 0 Å². The molecule has 142 valence electrons. The zero-order chi connectivity index (χ0) is 20.0. The molecule has 12 heteroatoms. The maximum atomic E-state index is 11.8. The van der Waals surface area contributed by atoms with Gasteiger partial charge in [0.15, 0.2) is 11.7 Å². The molecule has 0 spiro atoms. The first-order valence-corrected chi connectivity index (χ1v) is 8.68. The van der Waals surface area contributed by atoms with E-state index in [2.05, 4.69) is 16.2 Å². The van der Waals surface area contributed by atoms with Gasteiger partial charge in [-0.3, -0.25) is 25.8 Å². The van der Waals surface area contributed by atoms with Crippen LogP contribution < -0.4 is 20.9 Å². The van der Waals surface area contributed by atoms with Gasteiger partial charge in [-0.1, -0.05) is 34.8 Å². The van der Waals surface area contributed by atoms with E-state index in [4.69, 9.17) is 51.8 Å². The lowest BCUT2D eigenvalue weighted by atomic mass is 10.3. The first-order chi connectivity index (χ1) is 12.8. The third-order valence-corrected chi connectivity index (χ3v) is 4.21. The molecular formula is C15H11Cl3N4O4S. The van der Waals surface area contributed by atoms with Crippen molar-refractivity contribution in [2.75, 3.05) is 11.9 Å². The van der Waals surface area contributed by atoms with Crippen molar-refractivity contribution in [3.8, 4) is 5.75 Å². The lowest BCUT2D eigenvalue weighted by Gasteiger charge is -2.12. The molecule has 0 aliphatic heterocycles. The number of carbonyl (C=O) groups is 1. The summed E-state index contributed by atoms with van der Waals surface area (Å²) >= 11 is 22.6. The van der Waals surface area contributed by atoms with Gasteiger partial charge in [-0.15, -0.1) is 0 Å². The molecular weight excluding hydrogens is 439 g/mol. The Kier molecular flexibility index (Phi) is 7.43. The van der Waals surface area contributed by atoms with Gasteiger partial charge < -0.3 is 10.1 Å². The number of hydrogen-bond donors (Lipinski definition) is 3. The van der Waals surface area contributed by atoms with Crippen LogP contribution in [0.1, 0.15) is 0 Å². The molecule has 2 rings (SSSR count). The number of anilines is 1. The number of hydrazine groups is 1. The molecule has 0 bridgehead atoms. The summed E-state index contributed by atoms with van der Waals surface area (Å²) in [6.07, 6.45) is 0. The van der Waals surface area contributed by atoms with E-state index in [1.165, 1.54) is 36.4 Å². The highest BCUT2D eigenvalue weighted by Crippen LogP contribution is 2.33. The number of carbonyl (C=O) groups excluding carboxylic acids is 1. The molecule has 0 fully saturated rings. The fourth-order valence-electron chi connectivity index (χ4n) is 1.75. The zero-order valence-electron chi connectivity index (χ0n) is 13.3. The lowest BCUT2D eigenvalue weighted by Crippen LogP contribution is -2.45. The summed E-state index contributed by atoms with van der Waals surface area (Å²) in [7, 11) is 0. The van der Waals surface area contributed by atoms with E-state index in [0.29, 0.717) is 5.69 Å². The predicted octanol–water partition coefficient (Wildman–Crippen LogP) is 3.95. The number of nitrogens with zero attached hydrogens (tertiary/aromatic N) is 1. The van der Waals surface area contributed by atoms with Crippen molar-refractivity contribution in [2.24, 2.45) is 0 Å². The largest absolute Gasteiger partial charge is 0.482 e. The Bertz CT molecular complexity index is 880. The van der Waals surface area contributed by atoms with E-state index in [1.54, 1.807) is 0 Å². The van der Waals surface area contributed by atoms with Crippen LogP contribution in [0.15, 0.2) is 36.4 Å². The molecule has 8 nitrogen and oxygen atoms in total. The second kappa shape index (κ2) is 9.56. The average molecular weight is 450 g/mol. The van der Waals surface area contributed by atoms with E-state index >= 15 is 0 Å². The van der Waals surface area contributed by atoms with Gasteiger partial charge in [-0.2, -0.15) is 0 Å². The molecule has 3 N–H and O–H groups in total. The normalized spacial score (nSPS) is 10.0. The Labute approximate surface area is 173 Å². The monoisotopic (exact) mass is 448 g/mol. The number of ether oxygens (including phenoxy) is 1. The number of hydrogen-bond acceptors (Lipinski definition) is 5. The van der Waals surface area contributed by atoms with E-state index in [1.807, 2.05) is 0 Å². The van der Waals surface area contributed by atoms with E-state index < -0.39 is 10.8 Å². The number of nitrogens with one attached hydrogen (secondary N) is 3. The van der Waals surface area contributed by atoms with Crippen molar-refractivity contribution in [1.29, 1.82) is 0 Å². The van der Waals surface area contributed by atoms with E-state index in [-0.39, 0.29) is 38.2 Å². The highest BCUT2D eigenvalue weighted by molar-refractivity contribution is 7.80. The average Bonchev–Trinajstić information content (AvgIpc) is 2.62. The molecule has 0 heterocycles. The Morgan fingerprint density at radius 2 is 1.70 bits per heavy atom. The molecule has 0 unspecified atom stereocenters. The minimum absolute atomic E-state index is 0.0501. The van der Waals surface area contributed by atoms with Crippen LogP contribution in [0.25, 0.3) is 0 Å². The summed E-state index contributed by atoms with van der Waals surface area (Å²) in [6, 6.07) is 8.39. The standard InChI is InChI=1S/C15H11Cl3N4O4S/c16-10-5-12(18)13(6-11(10)17)26-7-14(23)20-21-15(27)19-8-1-3-9(4-2-8)22(24)25/h1-6H,7H2,(H,20,23)(H2,19,21,27). The van der Waals surface area contributed by atoms with Crippen LogP contribution in [-0.2, 0) is 4.79 Å². The highest BCUT2D eigenvalue weighted by Gasteiger charge is 2.10. The van der Waals surface area contributed by atoms with Crippen LogP contribution >= 0.6 is 47.0 Å². The molecule has 0 saturated heterocycles. The molecule has 0 aliphatic rings. The third kappa shape index (κ3) is 6.40. The first kappa shape index (κ1) is 21.0. The number of thiocarbonyl (C=S) groups is 1. The Balaban J connectivity index is 1.78. The van der Waals surface area contributed by atoms with Gasteiger partial charge in [0.1, 0.15) is 5.75 Å². The van der Waals surface area contributed by atoms with Crippen molar-refractivity contribution in [2.45, 2.75) is 0 Å². The summed E-state index contributed by atoms with van der Waals surface area (Å²) in [5.41, 5.74) is 5.24. The van der Waals surface area contributed by atoms with Crippen LogP contribution in [0.3, 0.4) is 0 Å². The van der Waals surface area contributed by atoms with Crippen molar-refractivity contribution < 1.29 is 14.5 Å². The zero-order valence-corrected chi connectivity index (χ0v) is 16.4. The van der Waals surface area contributed by atoms with Crippen molar-refractivity contribution in [1.82, 2.24) is 10.9 Å². The number of halogens is 3. The van der Waals surface area contributed by atoms with Crippen LogP contribution in [-0.4, -0.2) is 22.5 Å². The number of benzene rings is 2. The molecule has 0 radical (unpaired) electrons. The molecule has 0 saturated carbocycles. The third-order valence-electron chi connectivity index (χ3n) is 2.99. The second-order valence-electron chi connectivity index (χ2n) is 4.92. The number of non-ortho nitro benzene ring substituents is 1. The molecule has 0 aliphatic carbocycles. The fourth-order valence-corrected chi connectivity index (χ4v) is 2.51. The minimum atomic E-state index is -0.537. The first-order valence-electron chi connectivity index (χ1n) is 7.14. The van der Waals surface area contributed by atoms with Crippen LogP contribution in [0.2, 0.25) is 15.1 Å². The summed E-state index contributed by atoms with van der Waals surface area (Å²) in [5, 5.41) is 14.1. The number of rotatable bonds is 5. The molecule has 0 aromatic heterocycles. The Morgan fingerprint density at radius 3 is 2.33 bits per heavy atom. The SMILES string of the molecule is O=C(COc1cc(Cl)c(Cl)cc1Cl)NNC(=S)Nc1ccc([N+](=O)[O-])cc1. The molecule has 2 aromatic rings. The second-order valence-corrected chi connectivity index (χ2v) is 6.55. The Morgan fingerprint density at radius 1 is 1.07 bits per heavy atom. The van der Waals surface area contributed by atoms with Crippen molar-refractivity contribution in [3.63, 3.8) is 0 Å². The topological polar surface area (TPSA) is 106 Å². The highest BCUT2D eigenvalue weighted by atomic mass is 35.5. The lowest BCUT2D eigenvalue weighted by molar-refractivity contribution is -0.384. The molecule has 0 atom stereocenters. The summed E-state index contributed by atoms with van der Waals surface area (Å²) in [6.45, 7) is -0.356. The number of amides is 1. The van der Waals surface area contributed by atoms with Crippen LogP contribution in [0.4, 0.5) is 11.4 Å². The summed E-state index contributed by atoms with van der Waals surface area (Å²) in [4.78, 5) is 21.9. The van der Waals surface area contributed by atoms with Gasteiger partial charge in [0, 0.05) is 23.9 Å². The Hall–Kier alpha value is -2.33. The quantitative estimate of drug-likeness (QED) is 0.275. The van der Waals surface area contributed by atoms with E-state index in [0.717, 1.165) is 0 Å². The predicted molar refractivity (Wildman–Crippen MR) is 108 cm³/mol. The van der Waals surface area contributed by atoms with Gasteiger partial charge in [-0.05, 0) is 30.4 Å². The molecule has 2 aromatic carbocycles. The number of nitro groups is 1. The number of nitro benzene ring substituents is 1. The summed E-state index contributed by atoms with van der Waals surface area (Å²) in [5.74, 6) is -0.335. The van der Waals surface area contributed by atoms with Crippen molar-refractivity contribution >= 4 is 69.4 Å². The van der Waals surface area contributed by atoms with Gasteiger partial charge in [0.25, 0.3) is 11.6 Å². The minimum Gasteiger partial charge on any atom is -0.482 e. The van der Waals surface area contributed by atoms with Gasteiger partial charge in [0.2, 0.25) is 0 Å². The maximum Gasteiger partial charge on any atom is 0.276 e. The van der Waals surface area contributed by atoms with Crippen LogP contribution in [0, 0.1) is 10.1 Å². The smallest absolute Gasteiger partial charge is 0.276 e. The maximum absolute atomic E-state index is 11.8. The van der Waals surface area contributed by atoms with Crippen molar-refractivity contribution in [3.05, 3.63) is 61.6 Å². The molecule has 1 amide bonds. The van der Waals surface area contributed by atoms with E-state index in [9.17, 15) is 14.9 Å². The van der Waals surface area contributed by atoms with Gasteiger partial charge >= 0.3 is 0 Å². The molecule has 27 heavy (non-hydrogen) atoms.